The molecule has 4 nitrogen and oxygen atoms in total. The summed E-state index contributed by atoms with van der Waals surface area (Å²) in [6, 6.07) is 13.5. The van der Waals surface area contributed by atoms with E-state index in [1.165, 1.54) is 24.3 Å². The Balaban J connectivity index is 2.16. The van der Waals surface area contributed by atoms with E-state index in [0.29, 0.717) is 5.56 Å². The SMILES string of the molecule is C[C@H](C(=O)NC(C(N)=O)c1ccc(F)cc1)c1ccccc1. The quantitative estimate of drug-likeness (QED) is 0.889. The van der Waals surface area contributed by atoms with Gasteiger partial charge in [-0.15, -0.1) is 0 Å². The number of nitrogens with one attached hydrogen (secondary N) is 1. The number of carbonyl (C=O) groups is 2. The van der Waals surface area contributed by atoms with Crippen molar-refractivity contribution in [2.75, 3.05) is 0 Å². The maximum absolute atomic E-state index is 13.0. The molecule has 1 unspecified atom stereocenters. The van der Waals surface area contributed by atoms with Crippen molar-refractivity contribution in [3.63, 3.8) is 0 Å². The molecule has 3 N–H and O–H groups in total. The van der Waals surface area contributed by atoms with Crippen LogP contribution in [-0.2, 0) is 9.59 Å². The summed E-state index contributed by atoms with van der Waals surface area (Å²) in [7, 11) is 0. The van der Waals surface area contributed by atoms with E-state index in [2.05, 4.69) is 5.32 Å². The molecule has 22 heavy (non-hydrogen) atoms. The number of hydrogen-bond donors (Lipinski definition) is 2. The molecule has 114 valence electrons. The number of carbonyl (C=O) groups excluding carboxylic acids is 2. The van der Waals surface area contributed by atoms with E-state index in [0.717, 1.165) is 5.56 Å². The summed E-state index contributed by atoms with van der Waals surface area (Å²) >= 11 is 0. The molecule has 0 spiro atoms. The summed E-state index contributed by atoms with van der Waals surface area (Å²) in [5, 5.41) is 2.61. The summed E-state index contributed by atoms with van der Waals surface area (Å²) in [5.74, 6) is -1.86. The van der Waals surface area contributed by atoms with E-state index in [1.807, 2.05) is 30.3 Å². The lowest BCUT2D eigenvalue weighted by Gasteiger charge is -2.19. The van der Waals surface area contributed by atoms with Crippen LogP contribution in [0.1, 0.15) is 30.0 Å². The third-order valence-corrected chi connectivity index (χ3v) is 3.47. The van der Waals surface area contributed by atoms with Crippen molar-refractivity contribution >= 4 is 11.8 Å². The molecular weight excluding hydrogens is 283 g/mol. The lowest BCUT2D eigenvalue weighted by Crippen LogP contribution is -2.39. The predicted octanol–water partition coefficient (Wildman–Crippen LogP) is 2.27. The normalized spacial score (nSPS) is 13.2. The zero-order valence-electron chi connectivity index (χ0n) is 12.1. The summed E-state index contributed by atoms with van der Waals surface area (Å²) in [4.78, 5) is 23.9. The van der Waals surface area contributed by atoms with Gasteiger partial charge in [0.1, 0.15) is 11.9 Å². The van der Waals surface area contributed by atoms with E-state index in [-0.39, 0.29) is 5.91 Å². The lowest BCUT2D eigenvalue weighted by molar-refractivity contribution is -0.128. The van der Waals surface area contributed by atoms with Crippen molar-refractivity contribution in [2.24, 2.45) is 5.73 Å². The Morgan fingerprint density at radius 2 is 1.59 bits per heavy atom. The van der Waals surface area contributed by atoms with Crippen LogP contribution in [0.15, 0.2) is 54.6 Å². The van der Waals surface area contributed by atoms with Crippen molar-refractivity contribution in [2.45, 2.75) is 18.9 Å². The molecule has 0 radical (unpaired) electrons. The lowest BCUT2D eigenvalue weighted by atomic mass is 9.99. The molecule has 0 aliphatic carbocycles. The third kappa shape index (κ3) is 3.69. The van der Waals surface area contributed by atoms with E-state index in [4.69, 9.17) is 5.73 Å². The molecule has 0 saturated heterocycles. The van der Waals surface area contributed by atoms with Gasteiger partial charge in [-0.05, 0) is 30.2 Å². The molecule has 0 heterocycles. The first-order valence-corrected chi connectivity index (χ1v) is 6.89. The Labute approximate surface area is 128 Å². The fourth-order valence-electron chi connectivity index (χ4n) is 2.13. The van der Waals surface area contributed by atoms with Crippen LogP contribution in [0, 0.1) is 5.82 Å². The van der Waals surface area contributed by atoms with Crippen molar-refractivity contribution in [1.82, 2.24) is 5.32 Å². The molecule has 0 aromatic heterocycles. The maximum atomic E-state index is 13.0. The smallest absolute Gasteiger partial charge is 0.244 e. The number of halogens is 1. The molecule has 2 aromatic rings. The van der Waals surface area contributed by atoms with Crippen LogP contribution in [0.2, 0.25) is 0 Å². The molecule has 0 aliphatic rings. The van der Waals surface area contributed by atoms with Gasteiger partial charge in [0, 0.05) is 0 Å². The largest absolute Gasteiger partial charge is 0.368 e. The van der Waals surface area contributed by atoms with Crippen LogP contribution in [0.3, 0.4) is 0 Å². The molecule has 5 heteroatoms. The number of nitrogens with two attached hydrogens (primary N) is 1. The average Bonchev–Trinajstić information content (AvgIpc) is 2.53. The Morgan fingerprint density at radius 1 is 1.00 bits per heavy atom. The van der Waals surface area contributed by atoms with Crippen LogP contribution in [0.25, 0.3) is 0 Å². The van der Waals surface area contributed by atoms with Gasteiger partial charge in [0.15, 0.2) is 0 Å². The highest BCUT2D eigenvalue weighted by atomic mass is 19.1. The Hall–Kier alpha value is -2.69. The van der Waals surface area contributed by atoms with E-state index in [9.17, 15) is 14.0 Å². The molecule has 2 aromatic carbocycles. The highest BCUT2D eigenvalue weighted by Crippen LogP contribution is 2.18. The van der Waals surface area contributed by atoms with E-state index >= 15 is 0 Å². The van der Waals surface area contributed by atoms with Gasteiger partial charge in [-0.2, -0.15) is 0 Å². The van der Waals surface area contributed by atoms with Crippen molar-refractivity contribution < 1.29 is 14.0 Å². The molecule has 2 amide bonds. The van der Waals surface area contributed by atoms with Crippen LogP contribution in [0.4, 0.5) is 4.39 Å². The molecule has 0 aliphatic heterocycles. The monoisotopic (exact) mass is 300 g/mol. The van der Waals surface area contributed by atoms with Crippen LogP contribution in [-0.4, -0.2) is 11.8 Å². The fraction of sp³-hybridized carbons (Fsp3) is 0.176. The standard InChI is InChI=1S/C17H17FN2O2/c1-11(12-5-3-2-4-6-12)17(22)20-15(16(19)21)13-7-9-14(18)10-8-13/h2-11,15H,1H3,(H2,19,21)(H,20,22)/t11-,15?/m0/s1. The first-order chi connectivity index (χ1) is 10.5. The first-order valence-electron chi connectivity index (χ1n) is 6.89. The fourth-order valence-corrected chi connectivity index (χ4v) is 2.13. The van der Waals surface area contributed by atoms with Gasteiger partial charge in [-0.3, -0.25) is 9.59 Å². The summed E-state index contributed by atoms with van der Waals surface area (Å²) in [5.41, 5.74) is 6.63. The van der Waals surface area contributed by atoms with Crippen molar-refractivity contribution in [3.8, 4) is 0 Å². The zero-order valence-corrected chi connectivity index (χ0v) is 12.1. The minimum atomic E-state index is -0.987. The average molecular weight is 300 g/mol. The number of amides is 2. The maximum Gasteiger partial charge on any atom is 0.244 e. The zero-order chi connectivity index (χ0) is 16.1. The number of primary amides is 1. The second-order valence-corrected chi connectivity index (χ2v) is 5.03. The van der Waals surface area contributed by atoms with E-state index in [1.54, 1.807) is 6.92 Å². The summed E-state index contributed by atoms with van der Waals surface area (Å²) in [6.07, 6.45) is 0. The molecule has 0 saturated carbocycles. The van der Waals surface area contributed by atoms with Gasteiger partial charge < -0.3 is 11.1 Å². The number of rotatable bonds is 5. The van der Waals surface area contributed by atoms with Crippen molar-refractivity contribution in [3.05, 3.63) is 71.5 Å². The van der Waals surface area contributed by atoms with Gasteiger partial charge in [0.2, 0.25) is 11.8 Å². The van der Waals surface area contributed by atoms with Crippen LogP contribution in [0.5, 0.6) is 0 Å². The minimum absolute atomic E-state index is 0.320. The molecule has 2 rings (SSSR count). The molecular formula is C17H17FN2O2. The Morgan fingerprint density at radius 3 is 2.14 bits per heavy atom. The second-order valence-electron chi connectivity index (χ2n) is 5.03. The topological polar surface area (TPSA) is 72.2 Å². The highest BCUT2D eigenvalue weighted by molar-refractivity contribution is 5.90. The van der Waals surface area contributed by atoms with Gasteiger partial charge >= 0.3 is 0 Å². The van der Waals surface area contributed by atoms with E-state index < -0.39 is 23.7 Å². The Kier molecular flexibility index (Phi) is 4.88. The molecule has 0 bridgehead atoms. The highest BCUT2D eigenvalue weighted by Gasteiger charge is 2.23. The number of benzene rings is 2. The second kappa shape index (κ2) is 6.85. The molecule has 2 atom stereocenters. The van der Waals surface area contributed by atoms with Crippen LogP contribution < -0.4 is 11.1 Å². The van der Waals surface area contributed by atoms with Gasteiger partial charge in [0.25, 0.3) is 0 Å². The summed E-state index contributed by atoms with van der Waals surface area (Å²) < 4.78 is 13.0. The minimum Gasteiger partial charge on any atom is -0.368 e. The first kappa shape index (κ1) is 15.7. The van der Waals surface area contributed by atoms with Gasteiger partial charge in [-0.1, -0.05) is 42.5 Å². The Bertz CT molecular complexity index is 656. The number of hydrogen-bond acceptors (Lipinski definition) is 2. The van der Waals surface area contributed by atoms with Crippen LogP contribution >= 0.6 is 0 Å². The predicted molar refractivity (Wildman–Crippen MR) is 81.3 cm³/mol. The summed E-state index contributed by atoms with van der Waals surface area (Å²) in [6.45, 7) is 1.74. The molecule has 0 fully saturated rings. The third-order valence-electron chi connectivity index (χ3n) is 3.47. The van der Waals surface area contributed by atoms with Gasteiger partial charge in [0.05, 0.1) is 5.92 Å². The van der Waals surface area contributed by atoms with Crippen molar-refractivity contribution in [1.29, 1.82) is 0 Å². The van der Waals surface area contributed by atoms with Gasteiger partial charge in [-0.25, -0.2) is 4.39 Å².